The van der Waals surface area contributed by atoms with Crippen molar-refractivity contribution >= 4 is 0 Å². The molecule has 0 aromatic rings. The van der Waals surface area contributed by atoms with Gasteiger partial charge in [-0.1, -0.05) is 6.92 Å². The van der Waals surface area contributed by atoms with Gasteiger partial charge in [-0.25, -0.2) is 0 Å². The van der Waals surface area contributed by atoms with E-state index in [1.54, 1.807) is 12.2 Å². The summed E-state index contributed by atoms with van der Waals surface area (Å²) >= 11 is 0. The van der Waals surface area contributed by atoms with E-state index in [2.05, 4.69) is 0 Å². The fourth-order valence-electron chi connectivity index (χ4n) is 0.490. The first-order valence-electron chi connectivity index (χ1n) is 2.75. The summed E-state index contributed by atoms with van der Waals surface area (Å²) in [6.45, 7) is 3.53. The van der Waals surface area contributed by atoms with Crippen molar-refractivity contribution in [1.29, 1.82) is 0 Å². The lowest BCUT2D eigenvalue weighted by molar-refractivity contribution is -0.133. The highest BCUT2D eigenvalue weighted by molar-refractivity contribution is 4.36. The van der Waals surface area contributed by atoms with Gasteiger partial charge in [0, 0.05) is 13.1 Å². The van der Waals surface area contributed by atoms with Crippen LogP contribution in [-0.2, 0) is 4.84 Å². The average molecular weight is 119 g/mol. The molecule has 0 atom stereocenters. The Morgan fingerprint density at radius 3 is 2.38 bits per heavy atom. The molecule has 50 valence electrons. The number of aliphatic hydroxyl groups is 1. The number of aliphatic hydroxyl groups excluding tert-OH is 1. The van der Waals surface area contributed by atoms with E-state index in [9.17, 15) is 0 Å². The highest BCUT2D eigenvalue weighted by Gasteiger charge is 1.94. The van der Waals surface area contributed by atoms with E-state index in [-0.39, 0.29) is 6.61 Å². The molecule has 3 nitrogen and oxygen atoms in total. The van der Waals surface area contributed by atoms with Crippen LogP contribution in [0.25, 0.3) is 0 Å². The Balaban J connectivity index is 3.07. The molecule has 0 saturated heterocycles. The largest absolute Gasteiger partial charge is 0.395 e. The normalized spacial score (nSPS) is 10.5. The molecule has 0 amide bonds. The summed E-state index contributed by atoms with van der Waals surface area (Å²) in [5.74, 6) is 0. The molecule has 0 bridgehead atoms. The topological polar surface area (TPSA) is 32.7 Å². The van der Waals surface area contributed by atoms with Crippen molar-refractivity contribution in [3.8, 4) is 0 Å². The Hall–Kier alpha value is -0.120. The Bertz CT molecular complexity index is 45.7. The molecule has 0 rings (SSSR count). The number of likely N-dealkylation sites (N-methyl/N-ethyl adjacent to an activating group) is 1. The molecule has 0 spiro atoms. The van der Waals surface area contributed by atoms with Gasteiger partial charge in [0.1, 0.15) is 0 Å². The van der Waals surface area contributed by atoms with Crippen molar-refractivity contribution in [2.75, 3.05) is 26.8 Å². The van der Waals surface area contributed by atoms with Gasteiger partial charge in [-0.3, -0.25) is 0 Å². The van der Waals surface area contributed by atoms with Crippen LogP contribution in [0.15, 0.2) is 0 Å². The summed E-state index contributed by atoms with van der Waals surface area (Å²) in [4.78, 5) is 4.81. The number of nitrogens with zero attached hydrogens (tertiary/aromatic N) is 1. The zero-order chi connectivity index (χ0) is 6.41. The molecule has 0 fully saturated rings. The monoisotopic (exact) mass is 119 g/mol. The molecular weight excluding hydrogens is 106 g/mol. The van der Waals surface area contributed by atoms with E-state index < -0.39 is 0 Å². The van der Waals surface area contributed by atoms with Crippen LogP contribution in [0.2, 0.25) is 0 Å². The zero-order valence-corrected chi connectivity index (χ0v) is 5.42. The first-order chi connectivity index (χ1) is 3.85. The molecule has 1 N–H and O–H groups in total. The molecule has 0 aliphatic heterocycles. The minimum absolute atomic E-state index is 0.154. The molecular formula is C5H13NO2. The van der Waals surface area contributed by atoms with Crippen LogP contribution in [0.1, 0.15) is 6.92 Å². The smallest absolute Gasteiger partial charge is 0.0581 e. The zero-order valence-electron chi connectivity index (χ0n) is 5.42. The van der Waals surface area contributed by atoms with Crippen LogP contribution in [0, 0.1) is 0 Å². The van der Waals surface area contributed by atoms with Gasteiger partial charge in [-0.2, -0.15) is 5.06 Å². The van der Waals surface area contributed by atoms with Gasteiger partial charge in [0.05, 0.1) is 13.7 Å². The predicted octanol–water partition coefficient (Wildman–Crippen LogP) is -0.138. The molecule has 0 saturated carbocycles. The molecule has 8 heavy (non-hydrogen) atoms. The molecule has 0 heterocycles. The summed E-state index contributed by atoms with van der Waals surface area (Å²) < 4.78 is 0. The Labute approximate surface area is 49.8 Å². The summed E-state index contributed by atoms with van der Waals surface area (Å²) in [6.07, 6.45) is 0. The van der Waals surface area contributed by atoms with Crippen molar-refractivity contribution in [1.82, 2.24) is 5.06 Å². The Morgan fingerprint density at radius 1 is 1.62 bits per heavy atom. The van der Waals surface area contributed by atoms with Gasteiger partial charge in [-0.15, -0.1) is 0 Å². The van der Waals surface area contributed by atoms with Crippen LogP contribution in [0.4, 0.5) is 0 Å². The first-order valence-corrected chi connectivity index (χ1v) is 2.75. The van der Waals surface area contributed by atoms with Gasteiger partial charge in [-0.05, 0) is 0 Å². The van der Waals surface area contributed by atoms with Crippen LogP contribution in [0.5, 0.6) is 0 Å². The van der Waals surface area contributed by atoms with E-state index >= 15 is 0 Å². The highest BCUT2D eigenvalue weighted by atomic mass is 16.7. The van der Waals surface area contributed by atoms with E-state index in [0.717, 1.165) is 6.54 Å². The molecule has 0 radical (unpaired) electrons. The maximum atomic E-state index is 8.38. The molecule has 0 unspecified atom stereocenters. The average Bonchev–Trinajstić information content (AvgIpc) is 1.83. The van der Waals surface area contributed by atoms with Gasteiger partial charge < -0.3 is 9.94 Å². The molecule has 0 aromatic carbocycles. The number of rotatable bonds is 4. The van der Waals surface area contributed by atoms with Crippen LogP contribution in [-0.4, -0.2) is 37.0 Å². The molecule has 0 aliphatic rings. The first kappa shape index (κ1) is 7.88. The quantitative estimate of drug-likeness (QED) is 0.523. The third-order valence-electron chi connectivity index (χ3n) is 0.960. The van der Waals surface area contributed by atoms with E-state index in [1.165, 1.54) is 0 Å². The van der Waals surface area contributed by atoms with E-state index in [4.69, 9.17) is 9.94 Å². The third-order valence-corrected chi connectivity index (χ3v) is 0.960. The second-order valence-electron chi connectivity index (χ2n) is 1.43. The molecule has 3 heteroatoms. The highest BCUT2D eigenvalue weighted by Crippen LogP contribution is 1.83. The van der Waals surface area contributed by atoms with E-state index in [0.29, 0.717) is 6.54 Å². The number of hydrogen-bond acceptors (Lipinski definition) is 3. The summed E-state index contributed by atoms with van der Waals surface area (Å²) in [5.41, 5.74) is 0. The Morgan fingerprint density at radius 2 is 2.25 bits per heavy atom. The minimum atomic E-state index is 0.154. The fraction of sp³-hybridized carbons (Fsp3) is 1.00. The van der Waals surface area contributed by atoms with Gasteiger partial charge >= 0.3 is 0 Å². The molecule has 0 aromatic heterocycles. The van der Waals surface area contributed by atoms with Crippen molar-refractivity contribution in [2.45, 2.75) is 6.92 Å². The fourth-order valence-corrected chi connectivity index (χ4v) is 0.490. The van der Waals surface area contributed by atoms with Gasteiger partial charge in [0.25, 0.3) is 0 Å². The van der Waals surface area contributed by atoms with Crippen LogP contribution < -0.4 is 0 Å². The van der Waals surface area contributed by atoms with Crippen LogP contribution >= 0.6 is 0 Å². The predicted molar refractivity (Wildman–Crippen MR) is 31.3 cm³/mol. The molecule has 0 aliphatic carbocycles. The number of hydrogen-bond donors (Lipinski definition) is 1. The second kappa shape index (κ2) is 5.03. The minimum Gasteiger partial charge on any atom is -0.395 e. The summed E-state index contributed by atoms with van der Waals surface area (Å²) in [5, 5.41) is 10.1. The lowest BCUT2D eigenvalue weighted by Gasteiger charge is -2.14. The summed E-state index contributed by atoms with van der Waals surface area (Å²) in [6, 6.07) is 0. The van der Waals surface area contributed by atoms with Gasteiger partial charge in [0.2, 0.25) is 0 Å². The van der Waals surface area contributed by atoms with Crippen molar-refractivity contribution in [3.63, 3.8) is 0 Å². The maximum Gasteiger partial charge on any atom is 0.0581 e. The lowest BCUT2D eigenvalue weighted by Crippen LogP contribution is -2.25. The standard InChI is InChI=1S/C5H13NO2/c1-3-6(8-2)4-5-7/h7H,3-5H2,1-2H3. The summed E-state index contributed by atoms with van der Waals surface area (Å²) in [7, 11) is 1.60. The third kappa shape index (κ3) is 2.96. The number of hydroxylamine groups is 2. The second-order valence-corrected chi connectivity index (χ2v) is 1.43. The maximum absolute atomic E-state index is 8.38. The van der Waals surface area contributed by atoms with Crippen molar-refractivity contribution in [2.24, 2.45) is 0 Å². The lowest BCUT2D eigenvalue weighted by atomic mass is 10.6. The van der Waals surface area contributed by atoms with Crippen LogP contribution in [0.3, 0.4) is 0 Å². The van der Waals surface area contributed by atoms with Gasteiger partial charge in [0.15, 0.2) is 0 Å². The van der Waals surface area contributed by atoms with Crippen molar-refractivity contribution < 1.29 is 9.94 Å². The SMILES string of the molecule is CCN(CCO)OC. The Kier molecular flexibility index (Phi) is 4.95. The van der Waals surface area contributed by atoms with Crippen molar-refractivity contribution in [3.05, 3.63) is 0 Å². The van der Waals surface area contributed by atoms with E-state index in [1.807, 2.05) is 6.92 Å².